The van der Waals surface area contributed by atoms with Crippen LogP contribution in [0.15, 0.2) is 60.7 Å². The Morgan fingerprint density at radius 3 is 1.82 bits per heavy atom. The van der Waals surface area contributed by atoms with Crippen LogP contribution in [0.3, 0.4) is 0 Å². The number of rotatable bonds is 20. The van der Waals surface area contributed by atoms with E-state index in [1.165, 1.54) is 68.9 Å². The first-order valence-electron chi connectivity index (χ1n) is 15.8. The van der Waals surface area contributed by atoms with Gasteiger partial charge < -0.3 is 14.2 Å². The number of nitrogens with zero attached hydrogens (tertiary/aromatic N) is 1. The molecule has 4 nitrogen and oxygen atoms in total. The van der Waals surface area contributed by atoms with Crippen LogP contribution >= 0.6 is 0 Å². The molecule has 0 bridgehead atoms. The molecule has 5 atom stereocenters. The lowest BCUT2D eigenvalue weighted by Crippen LogP contribution is -2.51. The third kappa shape index (κ3) is 11.0. The van der Waals surface area contributed by atoms with Gasteiger partial charge in [-0.3, -0.25) is 4.90 Å². The molecule has 1 unspecified atom stereocenters. The van der Waals surface area contributed by atoms with Crippen LogP contribution in [0.1, 0.15) is 103 Å². The van der Waals surface area contributed by atoms with Gasteiger partial charge in [-0.15, -0.1) is 0 Å². The molecule has 39 heavy (non-hydrogen) atoms. The number of benzene rings is 2. The van der Waals surface area contributed by atoms with Crippen LogP contribution in [-0.2, 0) is 27.4 Å². The van der Waals surface area contributed by atoms with Crippen LogP contribution in [0.4, 0.5) is 0 Å². The topological polar surface area (TPSA) is 30.9 Å². The van der Waals surface area contributed by atoms with Gasteiger partial charge in [0.05, 0.1) is 31.5 Å². The number of ether oxygens (including phenoxy) is 3. The quantitative estimate of drug-likeness (QED) is 0.158. The lowest BCUT2D eigenvalue weighted by molar-refractivity contribution is -0.0951. The summed E-state index contributed by atoms with van der Waals surface area (Å²) in [7, 11) is 2.28. The van der Waals surface area contributed by atoms with Gasteiger partial charge in [-0.05, 0) is 37.9 Å². The summed E-state index contributed by atoms with van der Waals surface area (Å²) < 4.78 is 20.1. The molecule has 0 aliphatic heterocycles. The third-order valence-corrected chi connectivity index (χ3v) is 8.36. The normalized spacial score (nSPS) is 22.0. The molecule has 1 fully saturated rings. The van der Waals surface area contributed by atoms with Crippen LogP contribution in [-0.4, -0.2) is 49.0 Å². The SMILES string of the molecule is CCCCCCCO[C@@H]1[C@@H](N(C)C(C)CCCCCC)[C@H](OCc2ccccc2)C[C@@H]1OCc1ccccc1. The average molecular weight is 538 g/mol. The van der Waals surface area contributed by atoms with Gasteiger partial charge in [-0.2, -0.15) is 0 Å². The van der Waals surface area contributed by atoms with Crippen molar-refractivity contribution < 1.29 is 14.2 Å². The maximum Gasteiger partial charge on any atom is 0.102 e. The van der Waals surface area contributed by atoms with E-state index in [1.807, 2.05) is 0 Å². The molecule has 1 saturated carbocycles. The predicted octanol–water partition coefficient (Wildman–Crippen LogP) is 8.58. The molecule has 1 aliphatic rings. The minimum atomic E-state index is 0.00347. The van der Waals surface area contributed by atoms with E-state index in [0.717, 1.165) is 19.4 Å². The molecule has 1 aliphatic carbocycles. The number of likely N-dealkylation sites (N-methyl/N-ethyl adjacent to an activating group) is 1. The molecule has 0 spiro atoms. The van der Waals surface area contributed by atoms with E-state index in [4.69, 9.17) is 14.2 Å². The molecule has 0 amide bonds. The Hall–Kier alpha value is -1.72. The Labute approximate surface area is 239 Å². The smallest absolute Gasteiger partial charge is 0.102 e. The van der Waals surface area contributed by atoms with Crippen molar-refractivity contribution >= 4 is 0 Å². The summed E-state index contributed by atoms with van der Waals surface area (Å²) in [5.41, 5.74) is 2.42. The second-order valence-electron chi connectivity index (χ2n) is 11.5. The molecule has 4 heteroatoms. The lowest BCUT2D eigenvalue weighted by Gasteiger charge is -2.38. The first-order valence-corrected chi connectivity index (χ1v) is 15.8. The highest BCUT2D eigenvalue weighted by atomic mass is 16.6. The van der Waals surface area contributed by atoms with Crippen molar-refractivity contribution in [2.24, 2.45) is 0 Å². The first kappa shape index (κ1) is 31.8. The highest BCUT2D eigenvalue weighted by molar-refractivity contribution is 5.15. The van der Waals surface area contributed by atoms with Gasteiger partial charge in [-0.25, -0.2) is 0 Å². The van der Waals surface area contributed by atoms with Gasteiger partial charge in [0, 0.05) is 19.1 Å². The van der Waals surface area contributed by atoms with Gasteiger partial charge in [-0.1, -0.05) is 126 Å². The second-order valence-corrected chi connectivity index (χ2v) is 11.5. The Morgan fingerprint density at radius 1 is 0.692 bits per heavy atom. The maximum absolute atomic E-state index is 6.75. The molecular weight excluding hydrogens is 482 g/mol. The number of hydrogen-bond acceptors (Lipinski definition) is 4. The van der Waals surface area contributed by atoms with Crippen molar-refractivity contribution in [3.8, 4) is 0 Å². The molecule has 3 rings (SSSR count). The zero-order valence-electron chi connectivity index (χ0n) is 25.2. The Balaban J connectivity index is 1.73. The highest BCUT2D eigenvalue weighted by Crippen LogP contribution is 2.34. The standard InChI is InChI=1S/C35H55NO3/c1-5-7-9-11-19-25-37-35-33(39-28-31-23-17-13-18-24-31)26-32(38-27-30-21-15-12-16-22-30)34(35)36(4)29(3)20-14-10-8-6-2/h12-13,15-18,21-24,29,32-35H,5-11,14,19-20,25-28H2,1-4H3/t29?,32-,33+,34+,35+/m1/s1. The van der Waals surface area contributed by atoms with Crippen molar-refractivity contribution in [2.45, 2.75) is 135 Å². The predicted molar refractivity (Wildman–Crippen MR) is 163 cm³/mol. The monoisotopic (exact) mass is 537 g/mol. The molecule has 218 valence electrons. The minimum absolute atomic E-state index is 0.00347. The highest BCUT2D eigenvalue weighted by Gasteiger charge is 2.48. The van der Waals surface area contributed by atoms with E-state index in [9.17, 15) is 0 Å². The number of hydrogen-bond donors (Lipinski definition) is 0. The molecule has 2 aromatic rings. The summed E-state index contributed by atoms with van der Waals surface area (Å²) in [5.74, 6) is 0. The fraction of sp³-hybridized carbons (Fsp3) is 0.657. The number of unbranched alkanes of at least 4 members (excludes halogenated alkanes) is 7. The van der Waals surface area contributed by atoms with Gasteiger partial charge in [0.1, 0.15) is 6.10 Å². The first-order chi connectivity index (χ1) is 19.1. The van der Waals surface area contributed by atoms with Crippen molar-refractivity contribution in [2.75, 3.05) is 13.7 Å². The summed E-state index contributed by atoms with van der Waals surface area (Å²) in [6.45, 7) is 8.94. The summed E-state index contributed by atoms with van der Waals surface area (Å²) >= 11 is 0. The summed E-state index contributed by atoms with van der Waals surface area (Å²) in [6, 6.07) is 21.7. The van der Waals surface area contributed by atoms with E-state index < -0.39 is 0 Å². The Morgan fingerprint density at radius 2 is 1.23 bits per heavy atom. The van der Waals surface area contributed by atoms with E-state index in [-0.39, 0.29) is 24.4 Å². The zero-order valence-corrected chi connectivity index (χ0v) is 25.2. The lowest BCUT2D eigenvalue weighted by atomic mass is 10.0. The van der Waals surface area contributed by atoms with Crippen LogP contribution in [0, 0.1) is 0 Å². The van der Waals surface area contributed by atoms with Crippen molar-refractivity contribution in [1.29, 1.82) is 0 Å². The van der Waals surface area contributed by atoms with Gasteiger partial charge in [0.25, 0.3) is 0 Å². The Bertz CT molecular complexity index is 861. The van der Waals surface area contributed by atoms with Crippen LogP contribution < -0.4 is 0 Å². The van der Waals surface area contributed by atoms with Gasteiger partial charge >= 0.3 is 0 Å². The van der Waals surface area contributed by atoms with E-state index in [0.29, 0.717) is 19.3 Å². The third-order valence-electron chi connectivity index (χ3n) is 8.36. The molecule has 0 heterocycles. The summed E-state index contributed by atoms with van der Waals surface area (Å²) in [5, 5.41) is 0. The van der Waals surface area contributed by atoms with Crippen molar-refractivity contribution in [1.82, 2.24) is 4.90 Å². The largest absolute Gasteiger partial charge is 0.374 e. The van der Waals surface area contributed by atoms with Crippen LogP contribution in [0.5, 0.6) is 0 Å². The van der Waals surface area contributed by atoms with E-state index in [2.05, 4.69) is 93.4 Å². The average Bonchev–Trinajstić information content (AvgIpc) is 3.32. The van der Waals surface area contributed by atoms with E-state index in [1.54, 1.807) is 0 Å². The van der Waals surface area contributed by atoms with Gasteiger partial charge in [0.15, 0.2) is 0 Å². The fourth-order valence-corrected chi connectivity index (χ4v) is 5.81. The molecule has 0 radical (unpaired) electrons. The molecule has 0 aromatic heterocycles. The molecule has 2 aromatic carbocycles. The second kappa shape index (κ2) is 18.6. The van der Waals surface area contributed by atoms with E-state index >= 15 is 0 Å². The minimum Gasteiger partial charge on any atom is -0.374 e. The van der Waals surface area contributed by atoms with Gasteiger partial charge in [0.2, 0.25) is 0 Å². The Kier molecular flexibility index (Phi) is 15.2. The molecular formula is C35H55NO3. The summed E-state index contributed by atoms with van der Waals surface area (Å²) in [4.78, 5) is 2.55. The zero-order chi connectivity index (χ0) is 27.7. The maximum atomic E-state index is 6.75. The van der Waals surface area contributed by atoms with Crippen LogP contribution in [0.2, 0.25) is 0 Å². The van der Waals surface area contributed by atoms with Crippen molar-refractivity contribution in [3.05, 3.63) is 71.8 Å². The van der Waals surface area contributed by atoms with Crippen LogP contribution in [0.25, 0.3) is 0 Å². The molecule has 0 N–H and O–H groups in total. The fourth-order valence-electron chi connectivity index (χ4n) is 5.81. The molecule has 0 saturated heterocycles. The summed E-state index contributed by atoms with van der Waals surface area (Å²) in [6.07, 6.45) is 13.5. The van der Waals surface area contributed by atoms with Crippen molar-refractivity contribution in [3.63, 3.8) is 0 Å².